The summed E-state index contributed by atoms with van der Waals surface area (Å²) in [4.78, 5) is 24.1. The van der Waals surface area contributed by atoms with Gasteiger partial charge in [-0.2, -0.15) is 0 Å². The number of allylic oxidation sites excluding steroid dienone is 1. The van der Waals surface area contributed by atoms with Crippen molar-refractivity contribution in [1.29, 1.82) is 0 Å². The van der Waals surface area contributed by atoms with Gasteiger partial charge in [0.05, 0.1) is 0 Å². The molecule has 0 aromatic heterocycles. The largest absolute Gasteiger partial charge is 0.511 e. The molecule has 5 nitrogen and oxygen atoms in total. The maximum absolute atomic E-state index is 12.1. The maximum atomic E-state index is 12.1. The highest BCUT2D eigenvalue weighted by atomic mass is 16.5. The maximum Gasteiger partial charge on any atom is 0.345 e. The van der Waals surface area contributed by atoms with E-state index in [0.717, 1.165) is 45.1 Å². The smallest absolute Gasteiger partial charge is 0.345 e. The van der Waals surface area contributed by atoms with Crippen LogP contribution in [0.25, 0.3) is 0 Å². The van der Waals surface area contributed by atoms with E-state index in [4.69, 9.17) is 9.47 Å². The van der Waals surface area contributed by atoms with E-state index in [2.05, 4.69) is 0 Å². The van der Waals surface area contributed by atoms with Crippen LogP contribution >= 0.6 is 0 Å². The molecule has 1 atom stereocenters. The summed E-state index contributed by atoms with van der Waals surface area (Å²) in [6.07, 6.45) is 7.22. The minimum atomic E-state index is -0.640. The van der Waals surface area contributed by atoms with Crippen LogP contribution in [0.4, 0.5) is 0 Å². The minimum Gasteiger partial charge on any atom is -0.511 e. The fourth-order valence-electron chi connectivity index (χ4n) is 2.78. The number of rotatable bonds is 9. The van der Waals surface area contributed by atoms with E-state index in [1.165, 1.54) is 0 Å². The second kappa shape index (κ2) is 8.32. The highest BCUT2D eigenvalue weighted by molar-refractivity contribution is 6.19. The van der Waals surface area contributed by atoms with E-state index in [9.17, 15) is 14.7 Å². The summed E-state index contributed by atoms with van der Waals surface area (Å²) < 4.78 is 10.3. The lowest BCUT2D eigenvalue weighted by Gasteiger charge is -2.23. The fraction of sp³-hybridized carbons (Fsp3) is 0.765. The third-order valence-electron chi connectivity index (χ3n) is 4.26. The molecule has 0 aromatic carbocycles. The third kappa shape index (κ3) is 5.13. The normalized spacial score (nSPS) is 24.3. The van der Waals surface area contributed by atoms with Gasteiger partial charge < -0.3 is 14.6 Å². The second-order valence-electron chi connectivity index (χ2n) is 6.32. The lowest BCUT2D eigenvalue weighted by molar-refractivity contribution is -0.151. The Labute approximate surface area is 131 Å². The Morgan fingerprint density at radius 2 is 1.95 bits per heavy atom. The van der Waals surface area contributed by atoms with E-state index in [1.807, 2.05) is 0 Å². The summed E-state index contributed by atoms with van der Waals surface area (Å²) in [6.45, 7) is 0.769. The van der Waals surface area contributed by atoms with Gasteiger partial charge in [-0.25, -0.2) is 4.79 Å². The summed E-state index contributed by atoms with van der Waals surface area (Å²) in [6, 6.07) is 0. The van der Waals surface area contributed by atoms with Crippen LogP contribution < -0.4 is 0 Å². The number of esters is 1. The van der Waals surface area contributed by atoms with Gasteiger partial charge in [-0.1, -0.05) is 12.8 Å². The molecule has 1 N–H and O–H groups in total. The summed E-state index contributed by atoms with van der Waals surface area (Å²) in [5.41, 5.74) is -0.108. The molecule has 0 bridgehead atoms. The van der Waals surface area contributed by atoms with Crippen LogP contribution in [0.2, 0.25) is 0 Å². The predicted octanol–water partition coefficient (Wildman–Crippen LogP) is 3.08. The molecule has 2 rings (SSSR count). The number of Topliss-reactive ketones (excluding diaryl/α,β-unsaturated/α-hetero) is 1. The van der Waals surface area contributed by atoms with Gasteiger partial charge in [0, 0.05) is 26.6 Å². The standard InChI is InChI=1S/C17H26O5/c1-21-9-5-3-2-4-6-13-11-15(19)16(17(20)22-13)14(18)10-12-7-8-12/h12-13,18H,2-11H2,1H3/b16-14-. The van der Waals surface area contributed by atoms with Gasteiger partial charge in [0.2, 0.25) is 0 Å². The summed E-state index contributed by atoms with van der Waals surface area (Å²) in [5.74, 6) is -0.550. The van der Waals surface area contributed by atoms with E-state index in [-0.39, 0.29) is 29.6 Å². The number of unbranched alkanes of at least 4 members (excludes halogenated alkanes) is 3. The molecule has 0 aromatic rings. The zero-order valence-corrected chi connectivity index (χ0v) is 13.3. The van der Waals surface area contributed by atoms with E-state index in [1.54, 1.807) is 7.11 Å². The first-order valence-electron chi connectivity index (χ1n) is 8.27. The molecule has 0 radical (unpaired) electrons. The first-order chi connectivity index (χ1) is 10.6. The zero-order chi connectivity index (χ0) is 15.9. The molecular weight excluding hydrogens is 284 g/mol. The van der Waals surface area contributed by atoms with Crippen LogP contribution in [0.5, 0.6) is 0 Å². The number of cyclic esters (lactones) is 1. The van der Waals surface area contributed by atoms with Gasteiger partial charge in [-0.3, -0.25) is 4.79 Å². The van der Waals surface area contributed by atoms with E-state index in [0.29, 0.717) is 18.8 Å². The van der Waals surface area contributed by atoms with Gasteiger partial charge in [0.1, 0.15) is 17.4 Å². The van der Waals surface area contributed by atoms with Crippen molar-refractivity contribution in [3.05, 3.63) is 11.3 Å². The fourth-order valence-corrected chi connectivity index (χ4v) is 2.78. The average molecular weight is 310 g/mol. The molecule has 2 fully saturated rings. The number of aliphatic hydroxyl groups is 1. The zero-order valence-electron chi connectivity index (χ0n) is 13.3. The van der Waals surface area contributed by atoms with Crippen molar-refractivity contribution in [2.75, 3.05) is 13.7 Å². The molecule has 124 valence electrons. The van der Waals surface area contributed by atoms with Gasteiger partial charge in [0.25, 0.3) is 0 Å². The Morgan fingerprint density at radius 3 is 2.59 bits per heavy atom. The van der Waals surface area contributed by atoms with Crippen molar-refractivity contribution >= 4 is 11.8 Å². The lowest BCUT2D eigenvalue weighted by Crippen LogP contribution is -2.33. The van der Waals surface area contributed by atoms with Crippen LogP contribution in [0.15, 0.2) is 11.3 Å². The van der Waals surface area contributed by atoms with E-state index >= 15 is 0 Å². The van der Waals surface area contributed by atoms with Gasteiger partial charge >= 0.3 is 5.97 Å². The van der Waals surface area contributed by atoms with Gasteiger partial charge in [-0.05, 0) is 38.0 Å². The number of ketones is 1. The Hall–Kier alpha value is -1.36. The highest BCUT2D eigenvalue weighted by Gasteiger charge is 2.35. The number of carbonyl (C=O) groups is 2. The number of methoxy groups -OCH3 is 1. The van der Waals surface area contributed by atoms with E-state index < -0.39 is 5.97 Å². The van der Waals surface area contributed by atoms with Crippen LogP contribution in [0.1, 0.15) is 57.8 Å². The predicted molar refractivity (Wildman–Crippen MR) is 81.5 cm³/mol. The molecule has 1 aliphatic carbocycles. The number of hydrogen-bond acceptors (Lipinski definition) is 5. The molecular formula is C17H26O5. The topological polar surface area (TPSA) is 72.8 Å². The first-order valence-corrected chi connectivity index (χ1v) is 8.27. The number of carbonyl (C=O) groups excluding carboxylic acids is 2. The van der Waals surface area contributed by atoms with Gasteiger partial charge in [-0.15, -0.1) is 0 Å². The third-order valence-corrected chi connectivity index (χ3v) is 4.26. The Balaban J connectivity index is 1.75. The molecule has 22 heavy (non-hydrogen) atoms. The molecule has 2 aliphatic rings. The summed E-state index contributed by atoms with van der Waals surface area (Å²) in [5, 5.41) is 9.95. The molecule has 1 unspecified atom stereocenters. The van der Waals surface area contributed by atoms with Crippen LogP contribution in [0, 0.1) is 5.92 Å². The molecule has 0 spiro atoms. The number of aliphatic hydroxyl groups excluding tert-OH is 1. The minimum absolute atomic E-state index is 0.0736. The van der Waals surface area contributed by atoms with Gasteiger partial charge in [0.15, 0.2) is 5.78 Å². The highest BCUT2D eigenvalue weighted by Crippen LogP contribution is 2.36. The van der Waals surface area contributed by atoms with Crippen LogP contribution in [-0.2, 0) is 19.1 Å². The van der Waals surface area contributed by atoms with Crippen molar-refractivity contribution in [3.8, 4) is 0 Å². The van der Waals surface area contributed by atoms with Crippen LogP contribution in [-0.4, -0.2) is 36.7 Å². The molecule has 1 saturated carbocycles. The Morgan fingerprint density at radius 1 is 1.23 bits per heavy atom. The first kappa shape index (κ1) is 17.0. The molecule has 1 saturated heterocycles. The number of ether oxygens (including phenoxy) is 2. The quantitative estimate of drug-likeness (QED) is 0.233. The Kier molecular flexibility index (Phi) is 6.43. The second-order valence-corrected chi connectivity index (χ2v) is 6.32. The molecule has 1 aliphatic heterocycles. The monoisotopic (exact) mass is 310 g/mol. The van der Waals surface area contributed by atoms with Crippen LogP contribution in [0.3, 0.4) is 0 Å². The van der Waals surface area contributed by atoms with Crippen molar-refractivity contribution in [3.63, 3.8) is 0 Å². The lowest BCUT2D eigenvalue weighted by atomic mass is 9.96. The van der Waals surface area contributed by atoms with Crippen molar-refractivity contribution in [2.24, 2.45) is 5.92 Å². The van der Waals surface area contributed by atoms with Crippen molar-refractivity contribution in [2.45, 2.75) is 63.9 Å². The van der Waals surface area contributed by atoms with Crippen molar-refractivity contribution in [1.82, 2.24) is 0 Å². The molecule has 5 heteroatoms. The summed E-state index contributed by atoms with van der Waals surface area (Å²) >= 11 is 0. The molecule has 0 amide bonds. The number of hydrogen-bond donors (Lipinski definition) is 1. The molecule has 1 heterocycles. The summed E-state index contributed by atoms with van der Waals surface area (Å²) in [7, 11) is 1.69. The van der Waals surface area contributed by atoms with Crippen molar-refractivity contribution < 1.29 is 24.2 Å². The Bertz CT molecular complexity index is 416. The average Bonchev–Trinajstić information content (AvgIpc) is 3.26. The SMILES string of the molecule is COCCCCCCC1CC(=O)/C(=C(/O)CC2CC2)C(=O)O1.